The molecule has 0 unspecified atom stereocenters. The highest BCUT2D eigenvalue weighted by Gasteiger charge is 2.20. The number of benzene rings is 1. The summed E-state index contributed by atoms with van der Waals surface area (Å²) in [7, 11) is 2.43. The third-order valence-corrected chi connectivity index (χ3v) is 2.73. The van der Waals surface area contributed by atoms with E-state index in [0.717, 1.165) is 16.5 Å². The van der Waals surface area contributed by atoms with E-state index in [1.54, 1.807) is 6.20 Å². The van der Waals surface area contributed by atoms with Crippen LogP contribution < -0.4 is 0 Å². The molecule has 0 fully saturated rings. The van der Waals surface area contributed by atoms with Crippen LogP contribution in [0.25, 0.3) is 17.0 Å². The van der Waals surface area contributed by atoms with Gasteiger partial charge in [-0.3, -0.25) is 0 Å². The molecule has 0 saturated heterocycles. The van der Waals surface area contributed by atoms with Crippen LogP contribution in [-0.4, -0.2) is 31.1 Å². The summed E-state index contributed by atoms with van der Waals surface area (Å²) >= 11 is 0. The Kier molecular flexibility index (Phi) is 3.66. The van der Waals surface area contributed by atoms with Gasteiger partial charge in [0.1, 0.15) is 5.57 Å². The average Bonchev–Trinajstić information content (AvgIpc) is 2.86. The van der Waals surface area contributed by atoms with Gasteiger partial charge in [0.25, 0.3) is 0 Å². The van der Waals surface area contributed by atoms with Gasteiger partial charge in [0, 0.05) is 22.7 Å². The number of aromatic nitrogens is 1. The number of hydrogen-bond acceptors (Lipinski definition) is 4. The highest BCUT2D eigenvalue weighted by molar-refractivity contribution is 6.18. The number of methoxy groups -OCH3 is 2. The lowest BCUT2D eigenvalue weighted by Crippen LogP contribution is -2.15. The summed E-state index contributed by atoms with van der Waals surface area (Å²) in [4.78, 5) is 26.2. The number of carbonyl (C=O) groups excluding carboxylic acids is 2. The number of hydrogen-bond donors (Lipinski definition) is 1. The number of aromatic amines is 1. The number of para-hydroxylation sites is 1. The van der Waals surface area contributed by atoms with E-state index in [0.29, 0.717) is 0 Å². The average molecular weight is 259 g/mol. The maximum atomic E-state index is 11.6. The number of ether oxygens (including phenoxy) is 2. The van der Waals surface area contributed by atoms with E-state index in [1.807, 2.05) is 24.3 Å². The zero-order valence-corrected chi connectivity index (χ0v) is 10.6. The minimum absolute atomic E-state index is 0.144. The minimum Gasteiger partial charge on any atom is -0.465 e. The molecule has 19 heavy (non-hydrogen) atoms. The van der Waals surface area contributed by atoms with Crippen molar-refractivity contribution >= 4 is 28.9 Å². The monoisotopic (exact) mass is 259 g/mol. The fourth-order valence-corrected chi connectivity index (χ4v) is 1.79. The van der Waals surface area contributed by atoms with Gasteiger partial charge >= 0.3 is 11.9 Å². The summed E-state index contributed by atoms with van der Waals surface area (Å²) in [5.74, 6) is -1.45. The van der Waals surface area contributed by atoms with Crippen LogP contribution >= 0.6 is 0 Å². The molecule has 0 saturated carbocycles. The highest BCUT2D eigenvalue weighted by Crippen LogP contribution is 2.20. The Morgan fingerprint density at radius 1 is 1.11 bits per heavy atom. The van der Waals surface area contributed by atoms with Gasteiger partial charge in [-0.15, -0.1) is 0 Å². The maximum Gasteiger partial charge on any atom is 0.345 e. The van der Waals surface area contributed by atoms with E-state index < -0.39 is 11.9 Å². The predicted molar refractivity (Wildman–Crippen MR) is 70.3 cm³/mol. The molecule has 1 N–H and O–H groups in total. The van der Waals surface area contributed by atoms with Crippen molar-refractivity contribution in [1.82, 2.24) is 4.98 Å². The van der Waals surface area contributed by atoms with Crippen molar-refractivity contribution in [2.24, 2.45) is 0 Å². The molecule has 0 amide bonds. The molecule has 2 aromatic rings. The van der Waals surface area contributed by atoms with Crippen molar-refractivity contribution in [3.05, 3.63) is 41.6 Å². The molecule has 0 atom stereocenters. The third-order valence-electron chi connectivity index (χ3n) is 2.73. The van der Waals surface area contributed by atoms with Crippen LogP contribution in [0.15, 0.2) is 36.0 Å². The van der Waals surface area contributed by atoms with Gasteiger partial charge in [0.2, 0.25) is 0 Å². The van der Waals surface area contributed by atoms with Gasteiger partial charge in [-0.25, -0.2) is 9.59 Å². The first-order valence-corrected chi connectivity index (χ1v) is 5.62. The summed E-state index contributed by atoms with van der Waals surface area (Å²) in [5.41, 5.74) is 1.50. The zero-order chi connectivity index (χ0) is 13.8. The Bertz CT molecular complexity index is 636. The van der Waals surface area contributed by atoms with Gasteiger partial charge in [0.15, 0.2) is 0 Å². The molecule has 0 spiro atoms. The third kappa shape index (κ3) is 2.49. The second kappa shape index (κ2) is 5.39. The second-order valence-corrected chi connectivity index (χ2v) is 3.83. The number of rotatable bonds is 3. The topological polar surface area (TPSA) is 68.4 Å². The lowest BCUT2D eigenvalue weighted by atomic mass is 10.1. The summed E-state index contributed by atoms with van der Waals surface area (Å²) in [5, 5.41) is 0.910. The van der Waals surface area contributed by atoms with E-state index in [9.17, 15) is 9.59 Å². The van der Waals surface area contributed by atoms with Crippen molar-refractivity contribution in [2.45, 2.75) is 0 Å². The van der Waals surface area contributed by atoms with Crippen molar-refractivity contribution in [3.63, 3.8) is 0 Å². The van der Waals surface area contributed by atoms with Gasteiger partial charge < -0.3 is 14.5 Å². The van der Waals surface area contributed by atoms with Gasteiger partial charge in [0.05, 0.1) is 14.2 Å². The van der Waals surface area contributed by atoms with Crippen LogP contribution in [0.2, 0.25) is 0 Å². The summed E-state index contributed by atoms with van der Waals surface area (Å²) < 4.78 is 9.16. The molecule has 1 heterocycles. The SMILES string of the molecule is COC(=O)C(=Cc1c[nH]c2ccccc12)C(=O)OC. The Morgan fingerprint density at radius 2 is 1.74 bits per heavy atom. The number of esters is 2. The molecule has 5 heteroatoms. The standard InChI is InChI=1S/C14H13NO4/c1-18-13(16)11(14(17)19-2)7-9-8-15-12-6-4-3-5-10(9)12/h3-8,15H,1-2H3. The number of carbonyl (C=O) groups is 2. The van der Waals surface area contributed by atoms with Crippen LogP contribution in [0.4, 0.5) is 0 Å². The van der Waals surface area contributed by atoms with E-state index in [-0.39, 0.29) is 5.57 Å². The van der Waals surface area contributed by atoms with Crippen LogP contribution in [0, 0.1) is 0 Å². The molecule has 0 aliphatic carbocycles. The van der Waals surface area contributed by atoms with E-state index in [4.69, 9.17) is 0 Å². The van der Waals surface area contributed by atoms with Gasteiger partial charge in [-0.1, -0.05) is 18.2 Å². The van der Waals surface area contributed by atoms with E-state index >= 15 is 0 Å². The molecule has 0 aliphatic rings. The normalized spacial score (nSPS) is 10.0. The zero-order valence-electron chi connectivity index (χ0n) is 10.6. The smallest absolute Gasteiger partial charge is 0.345 e. The fourth-order valence-electron chi connectivity index (χ4n) is 1.79. The van der Waals surface area contributed by atoms with Crippen LogP contribution in [0.1, 0.15) is 5.56 Å². The van der Waals surface area contributed by atoms with Crippen molar-refractivity contribution in [3.8, 4) is 0 Å². The molecule has 0 bridgehead atoms. The quantitative estimate of drug-likeness (QED) is 0.395. The Labute approximate surface area is 109 Å². The molecule has 0 radical (unpaired) electrons. The Morgan fingerprint density at radius 3 is 2.37 bits per heavy atom. The highest BCUT2D eigenvalue weighted by atomic mass is 16.5. The molecule has 1 aromatic carbocycles. The van der Waals surface area contributed by atoms with Gasteiger partial charge in [-0.05, 0) is 12.1 Å². The summed E-state index contributed by atoms with van der Waals surface area (Å²) in [6, 6.07) is 7.57. The second-order valence-electron chi connectivity index (χ2n) is 3.83. The minimum atomic E-state index is -0.725. The van der Waals surface area contributed by atoms with Crippen molar-refractivity contribution in [1.29, 1.82) is 0 Å². The molecule has 5 nitrogen and oxygen atoms in total. The number of nitrogens with one attached hydrogen (secondary N) is 1. The number of fused-ring (bicyclic) bond motifs is 1. The largest absolute Gasteiger partial charge is 0.465 e. The maximum absolute atomic E-state index is 11.6. The van der Waals surface area contributed by atoms with Crippen LogP contribution in [0.5, 0.6) is 0 Å². The van der Waals surface area contributed by atoms with E-state index in [2.05, 4.69) is 14.5 Å². The first-order chi connectivity index (χ1) is 9.17. The molecule has 1 aromatic heterocycles. The fraction of sp³-hybridized carbons (Fsp3) is 0.143. The Balaban J connectivity index is 2.52. The van der Waals surface area contributed by atoms with Crippen molar-refractivity contribution in [2.75, 3.05) is 14.2 Å². The summed E-state index contributed by atoms with van der Waals surface area (Å²) in [6.45, 7) is 0. The van der Waals surface area contributed by atoms with Crippen LogP contribution in [-0.2, 0) is 19.1 Å². The first kappa shape index (κ1) is 12.9. The summed E-state index contributed by atoms with van der Waals surface area (Å²) in [6.07, 6.45) is 3.17. The lowest BCUT2D eigenvalue weighted by molar-refractivity contribution is -0.143. The molecule has 98 valence electrons. The van der Waals surface area contributed by atoms with Crippen molar-refractivity contribution < 1.29 is 19.1 Å². The molecular weight excluding hydrogens is 246 g/mol. The van der Waals surface area contributed by atoms with E-state index in [1.165, 1.54) is 20.3 Å². The molecule has 0 aliphatic heterocycles. The Hall–Kier alpha value is -2.56. The molecular formula is C14H13NO4. The first-order valence-electron chi connectivity index (χ1n) is 5.62. The van der Waals surface area contributed by atoms with Gasteiger partial charge in [-0.2, -0.15) is 0 Å². The predicted octanol–water partition coefficient (Wildman–Crippen LogP) is 1.90. The number of H-pyrrole nitrogens is 1. The lowest BCUT2D eigenvalue weighted by Gasteiger charge is -2.02. The molecule has 2 rings (SSSR count). The van der Waals surface area contributed by atoms with Crippen LogP contribution in [0.3, 0.4) is 0 Å².